The van der Waals surface area contributed by atoms with Crippen LogP contribution in [0.4, 0.5) is 0 Å². The molecule has 1 fully saturated rings. The third kappa shape index (κ3) is 7.02. The van der Waals surface area contributed by atoms with E-state index in [2.05, 4.69) is 9.71 Å². The lowest BCUT2D eigenvalue weighted by atomic mass is 9.94. The van der Waals surface area contributed by atoms with Gasteiger partial charge in [0.05, 0.1) is 23.5 Å². The van der Waals surface area contributed by atoms with Crippen LogP contribution in [0.25, 0.3) is 0 Å². The summed E-state index contributed by atoms with van der Waals surface area (Å²) in [5.74, 6) is -0.0243. The van der Waals surface area contributed by atoms with E-state index in [0.29, 0.717) is 62.9 Å². The molecule has 1 atom stereocenters. The fourth-order valence-corrected chi connectivity index (χ4v) is 6.86. The van der Waals surface area contributed by atoms with Crippen molar-refractivity contribution >= 4 is 27.9 Å². The number of likely N-dealkylation sites (tertiary alicyclic amines) is 1. The maximum absolute atomic E-state index is 13.3. The van der Waals surface area contributed by atoms with Gasteiger partial charge in [0, 0.05) is 31.6 Å². The van der Waals surface area contributed by atoms with Crippen molar-refractivity contribution in [2.24, 2.45) is 22.4 Å². The summed E-state index contributed by atoms with van der Waals surface area (Å²) in [5, 5.41) is 0. The van der Waals surface area contributed by atoms with Crippen molar-refractivity contribution in [1.82, 2.24) is 9.62 Å². The van der Waals surface area contributed by atoms with Crippen LogP contribution < -0.4 is 20.9 Å². The number of esters is 1. The number of piperidine rings is 1. The molecule has 5 N–H and O–H groups in total. The molecule has 0 unspecified atom stereocenters. The first-order valence-corrected chi connectivity index (χ1v) is 15.0. The normalized spacial score (nSPS) is 18.3. The standard InChI is InChI=1S/C27H43N5O6S/c1-7-37-25(34)19-10-13-32(14-11-19)24(33)21(28)9-8-12-30-26(29)31-39(35,36)23-17(3)16(2)22-20(18(23)4)15-27(5,6)38-22/h19,21H,7-15,28H2,1-6H3,(H3,29,30,31)/t21-/m0/s1. The van der Waals surface area contributed by atoms with Gasteiger partial charge in [0.2, 0.25) is 11.9 Å². The summed E-state index contributed by atoms with van der Waals surface area (Å²) in [4.78, 5) is 30.6. The predicted molar refractivity (Wildman–Crippen MR) is 149 cm³/mol. The van der Waals surface area contributed by atoms with Crippen LogP contribution in [0.1, 0.15) is 68.7 Å². The molecule has 0 spiro atoms. The molecule has 1 aromatic carbocycles. The summed E-state index contributed by atoms with van der Waals surface area (Å²) in [6.07, 6.45) is 2.57. The van der Waals surface area contributed by atoms with E-state index in [9.17, 15) is 18.0 Å². The molecule has 11 nitrogen and oxygen atoms in total. The predicted octanol–water partition coefficient (Wildman–Crippen LogP) is 1.83. The van der Waals surface area contributed by atoms with Gasteiger partial charge in [-0.05, 0) is 83.9 Å². The van der Waals surface area contributed by atoms with E-state index in [-0.39, 0.29) is 35.2 Å². The minimum atomic E-state index is -3.98. The molecule has 1 saturated heterocycles. The smallest absolute Gasteiger partial charge is 0.309 e. The molecule has 12 heteroatoms. The van der Waals surface area contributed by atoms with E-state index in [0.717, 1.165) is 16.9 Å². The second kappa shape index (κ2) is 12.1. The molecule has 39 heavy (non-hydrogen) atoms. The van der Waals surface area contributed by atoms with E-state index in [1.165, 1.54) is 0 Å². The number of fused-ring (bicyclic) bond motifs is 1. The van der Waals surface area contributed by atoms with Gasteiger partial charge in [0.15, 0.2) is 0 Å². The molecule has 0 bridgehead atoms. The SMILES string of the molecule is CCOC(=O)C1CCN(C(=O)[C@@H](N)CCCN=C(N)NS(=O)(=O)c2c(C)c(C)c3c(c2C)CC(C)(C)O3)CC1. The van der Waals surface area contributed by atoms with Gasteiger partial charge < -0.3 is 25.8 Å². The average molecular weight is 566 g/mol. The van der Waals surface area contributed by atoms with Crippen LogP contribution in [0, 0.1) is 26.7 Å². The number of hydrogen-bond acceptors (Lipinski definition) is 8. The van der Waals surface area contributed by atoms with Gasteiger partial charge in [-0.3, -0.25) is 14.6 Å². The van der Waals surface area contributed by atoms with Crippen LogP contribution in [-0.2, 0) is 30.8 Å². The third-order valence-electron chi connectivity index (χ3n) is 7.50. The number of nitrogens with zero attached hydrogens (tertiary/aromatic N) is 2. The third-order valence-corrected chi connectivity index (χ3v) is 9.13. The second-order valence-corrected chi connectivity index (χ2v) is 12.6. The second-order valence-electron chi connectivity index (χ2n) is 11.0. The van der Waals surface area contributed by atoms with Gasteiger partial charge in [0.1, 0.15) is 11.4 Å². The van der Waals surface area contributed by atoms with Crippen molar-refractivity contribution in [3.05, 3.63) is 22.3 Å². The highest BCUT2D eigenvalue weighted by molar-refractivity contribution is 7.90. The zero-order chi connectivity index (χ0) is 29.1. The Morgan fingerprint density at radius 2 is 1.82 bits per heavy atom. The number of hydrogen-bond donors (Lipinski definition) is 3. The van der Waals surface area contributed by atoms with Crippen LogP contribution in [0.5, 0.6) is 5.75 Å². The molecule has 0 saturated carbocycles. The fourth-order valence-electron chi connectivity index (χ4n) is 5.33. The van der Waals surface area contributed by atoms with Crippen LogP contribution in [-0.4, -0.2) is 69.0 Å². The highest BCUT2D eigenvalue weighted by atomic mass is 32.2. The summed E-state index contributed by atoms with van der Waals surface area (Å²) in [6, 6.07) is -0.705. The Kier molecular flexibility index (Phi) is 9.53. The summed E-state index contributed by atoms with van der Waals surface area (Å²) in [6.45, 7) is 12.6. The number of aliphatic imine (C=N–C) groups is 1. The lowest BCUT2D eigenvalue weighted by Gasteiger charge is -2.32. The number of carbonyl (C=O) groups is 2. The largest absolute Gasteiger partial charge is 0.487 e. The maximum Gasteiger partial charge on any atom is 0.309 e. The highest BCUT2D eigenvalue weighted by Crippen LogP contribution is 2.43. The topological polar surface area (TPSA) is 166 Å². The Balaban J connectivity index is 1.54. The van der Waals surface area contributed by atoms with Crippen LogP contribution in [0.2, 0.25) is 0 Å². The Hall–Kier alpha value is -2.86. The number of carbonyl (C=O) groups excluding carboxylic acids is 2. The molecule has 0 aromatic heterocycles. The number of benzene rings is 1. The molecule has 1 amide bonds. The Morgan fingerprint density at radius 1 is 1.18 bits per heavy atom. The maximum atomic E-state index is 13.3. The van der Waals surface area contributed by atoms with Gasteiger partial charge in [-0.1, -0.05) is 0 Å². The lowest BCUT2D eigenvalue weighted by Crippen LogP contribution is -2.48. The first-order valence-electron chi connectivity index (χ1n) is 13.5. The quantitative estimate of drug-likeness (QED) is 0.176. The molecule has 0 radical (unpaired) electrons. The summed E-state index contributed by atoms with van der Waals surface area (Å²) in [5.41, 5.74) is 14.6. The van der Waals surface area contributed by atoms with Gasteiger partial charge in [-0.15, -0.1) is 0 Å². The van der Waals surface area contributed by atoms with Crippen molar-refractivity contribution < 1.29 is 27.5 Å². The number of sulfonamides is 1. The minimum Gasteiger partial charge on any atom is -0.487 e. The molecule has 3 rings (SSSR count). The molecule has 2 heterocycles. The molecule has 218 valence electrons. The molecule has 2 aliphatic heterocycles. The van der Waals surface area contributed by atoms with E-state index in [1.807, 2.05) is 20.8 Å². The van der Waals surface area contributed by atoms with Crippen molar-refractivity contribution in [2.45, 2.75) is 90.2 Å². The summed E-state index contributed by atoms with van der Waals surface area (Å²) >= 11 is 0. The number of guanidine groups is 1. The van der Waals surface area contributed by atoms with Gasteiger partial charge in [-0.2, -0.15) is 0 Å². The number of ether oxygens (including phenoxy) is 2. The first-order chi connectivity index (χ1) is 18.2. The van der Waals surface area contributed by atoms with E-state index < -0.39 is 21.7 Å². The van der Waals surface area contributed by atoms with Crippen molar-refractivity contribution in [3.63, 3.8) is 0 Å². The number of amides is 1. The molecule has 2 aliphatic rings. The van der Waals surface area contributed by atoms with Crippen molar-refractivity contribution in [2.75, 3.05) is 26.2 Å². The fraction of sp³-hybridized carbons (Fsp3) is 0.667. The number of nitrogens with one attached hydrogen (secondary N) is 1. The van der Waals surface area contributed by atoms with E-state index in [1.54, 1.807) is 25.7 Å². The van der Waals surface area contributed by atoms with Crippen molar-refractivity contribution in [3.8, 4) is 5.75 Å². The Bertz CT molecular complexity index is 1240. The molecular formula is C27H43N5O6S. The average Bonchev–Trinajstić information content (AvgIpc) is 3.20. The summed E-state index contributed by atoms with van der Waals surface area (Å²) < 4.78 is 40.1. The van der Waals surface area contributed by atoms with Crippen molar-refractivity contribution in [1.29, 1.82) is 0 Å². The molecule has 1 aromatic rings. The van der Waals surface area contributed by atoms with Crippen LogP contribution in [0.15, 0.2) is 9.89 Å². The zero-order valence-corrected chi connectivity index (χ0v) is 24.7. The van der Waals surface area contributed by atoms with Gasteiger partial charge in [0.25, 0.3) is 10.0 Å². The van der Waals surface area contributed by atoms with Crippen LogP contribution in [0.3, 0.4) is 0 Å². The molecule has 0 aliphatic carbocycles. The highest BCUT2D eigenvalue weighted by Gasteiger charge is 2.37. The lowest BCUT2D eigenvalue weighted by molar-refractivity contribution is -0.151. The first kappa shape index (κ1) is 30.7. The van der Waals surface area contributed by atoms with E-state index >= 15 is 0 Å². The number of rotatable bonds is 9. The monoisotopic (exact) mass is 565 g/mol. The number of nitrogens with two attached hydrogens (primary N) is 2. The Labute approximate surface area is 231 Å². The van der Waals surface area contributed by atoms with Gasteiger partial charge in [-0.25, -0.2) is 13.1 Å². The van der Waals surface area contributed by atoms with E-state index in [4.69, 9.17) is 20.9 Å². The Morgan fingerprint density at radius 3 is 2.44 bits per heavy atom. The van der Waals surface area contributed by atoms with Gasteiger partial charge >= 0.3 is 5.97 Å². The minimum absolute atomic E-state index is 0.167. The van der Waals surface area contributed by atoms with Crippen LogP contribution >= 0.6 is 0 Å². The summed E-state index contributed by atoms with van der Waals surface area (Å²) in [7, 11) is -3.98. The molecular weight excluding hydrogens is 522 g/mol. The zero-order valence-electron chi connectivity index (χ0n) is 23.9.